The molecule has 0 aliphatic carbocycles. The Bertz CT molecular complexity index is 567. The number of aromatic nitrogens is 2. The molecule has 80 valence electrons. The van der Waals surface area contributed by atoms with E-state index in [9.17, 15) is 9.59 Å². The number of rotatable bonds is 0. The summed E-state index contributed by atoms with van der Waals surface area (Å²) in [7, 11) is 0. The van der Waals surface area contributed by atoms with E-state index < -0.39 is 0 Å². The van der Waals surface area contributed by atoms with Gasteiger partial charge >= 0.3 is 0 Å². The number of hydrogen-bond acceptors (Lipinski definition) is 2. The van der Waals surface area contributed by atoms with Crippen LogP contribution >= 0.6 is 0 Å². The van der Waals surface area contributed by atoms with Crippen molar-refractivity contribution in [1.82, 2.24) is 10.2 Å². The molecule has 0 bridgehead atoms. The maximum Gasteiger partial charge on any atom is 0.270 e. The summed E-state index contributed by atoms with van der Waals surface area (Å²) in [6, 6.07) is 5.15. The first-order chi connectivity index (χ1) is 7.18. The molecule has 0 radical (unpaired) electrons. The Balaban J connectivity index is 0.000000531. The lowest BCUT2D eigenvalue weighted by Gasteiger charge is -1.95. The molecule has 0 saturated heterocycles. The van der Waals surface area contributed by atoms with Gasteiger partial charge in [-0.3, -0.25) is 19.8 Å². The first-order valence-corrected chi connectivity index (χ1v) is 4.90. The van der Waals surface area contributed by atoms with Crippen molar-refractivity contribution in [2.75, 3.05) is 0 Å². The van der Waals surface area contributed by atoms with Crippen molar-refractivity contribution in [3.63, 3.8) is 0 Å². The minimum Gasteiger partial charge on any atom is -0.267 e. The van der Waals surface area contributed by atoms with Crippen LogP contribution in [-0.4, -0.2) is 10.2 Å². The Hall–Kier alpha value is -1.84. The fourth-order valence-electron chi connectivity index (χ4n) is 1.29. The minimum absolute atomic E-state index is 0.265. The predicted molar refractivity (Wildman–Crippen MR) is 61.3 cm³/mol. The van der Waals surface area contributed by atoms with E-state index in [4.69, 9.17) is 0 Å². The fourth-order valence-corrected chi connectivity index (χ4v) is 1.29. The maximum atomic E-state index is 11.3. The van der Waals surface area contributed by atoms with E-state index in [-0.39, 0.29) is 11.1 Å². The summed E-state index contributed by atoms with van der Waals surface area (Å²) in [5.74, 6) is 0. The van der Waals surface area contributed by atoms with Crippen molar-refractivity contribution in [3.05, 3.63) is 44.5 Å². The zero-order valence-electron chi connectivity index (χ0n) is 9.05. The van der Waals surface area contributed by atoms with Crippen LogP contribution < -0.4 is 11.1 Å². The number of H-pyrrole nitrogens is 2. The number of fused-ring (bicyclic) bond motifs is 1. The van der Waals surface area contributed by atoms with Crippen LogP contribution in [0.3, 0.4) is 0 Å². The fraction of sp³-hybridized carbons (Fsp3) is 0.273. The average molecular weight is 206 g/mol. The second-order valence-electron chi connectivity index (χ2n) is 2.96. The molecule has 0 aliphatic heterocycles. The maximum absolute atomic E-state index is 11.3. The van der Waals surface area contributed by atoms with Crippen molar-refractivity contribution < 1.29 is 0 Å². The minimum atomic E-state index is -0.269. The summed E-state index contributed by atoms with van der Waals surface area (Å²) < 4.78 is 0. The van der Waals surface area contributed by atoms with Gasteiger partial charge in [0.2, 0.25) is 0 Å². The van der Waals surface area contributed by atoms with Gasteiger partial charge in [0.1, 0.15) is 0 Å². The molecule has 0 amide bonds. The Morgan fingerprint density at radius 2 is 1.47 bits per heavy atom. The second-order valence-corrected chi connectivity index (χ2v) is 2.96. The molecule has 15 heavy (non-hydrogen) atoms. The molecular weight excluding hydrogens is 192 g/mol. The van der Waals surface area contributed by atoms with Gasteiger partial charge in [0.25, 0.3) is 11.1 Å². The van der Waals surface area contributed by atoms with Crippen LogP contribution in [-0.2, 0) is 0 Å². The summed E-state index contributed by atoms with van der Waals surface area (Å²) in [6.45, 7) is 5.88. The molecule has 0 atom stereocenters. The van der Waals surface area contributed by atoms with Gasteiger partial charge in [-0.2, -0.15) is 0 Å². The zero-order chi connectivity index (χ0) is 11.4. The van der Waals surface area contributed by atoms with Crippen LogP contribution in [0, 0.1) is 6.92 Å². The quantitative estimate of drug-likeness (QED) is 0.686. The van der Waals surface area contributed by atoms with E-state index in [0.29, 0.717) is 10.8 Å². The van der Waals surface area contributed by atoms with Gasteiger partial charge in [0.15, 0.2) is 0 Å². The summed E-state index contributed by atoms with van der Waals surface area (Å²) in [6.07, 6.45) is 0. The molecule has 1 aromatic carbocycles. The van der Waals surface area contributed by atoms with Crippen molar-refractivity contribution in [2.45, 2.75) is 20.8 Å². The molecule has 4 nitrogen and oxygen atoms in total. The van der Waals surface area contributed by atoms with Crippen molar-refractivity contribution in [2.24, 2.45) is 0 Å². The van der Waals surface area contributed by atoms with Gasteiger partial charge in [0, 0.05) is 0 Å². The number of benzene rings is 1. The van der Waals surface area contributed by atoms with Crippen LogP contribution in [0.2, 0.25) is 0 Å². The lowest BCUT2D eigenvalue weighted by Crippen LogP contribution is -2.18. The van der Waals surface area contributed by atoms with E-state index in [1.54, 1.807) is 18.2 Å². The smallest absolute Gasteiger partial charge is 0.267 e. The Morgan fingerprint density at radius 3 is 2.07 bits per heavy atom. The summed E-state index contributed by atoms with van der Waals surface area (Å²) in [4.78, 5) is 22.5. The van der Waals surface area contributed by atoms with Gasteiger partial charge in [-0.25, -0.2) is 0 Å². The summed E-state index contributed by atoms with van der Waals surface area (Å²) in [5, 5.41) is 5.41. The Kier molecular flexibility index (Phi) is 3.44. The second kappa shape index (κ2) is 4.59. The summed E-state index contributed by atoms with van der Waals surface area (Å²) >= 11 is 0. The highest BCUT2D eigenvalue weighted by Crippen LogP contribution is 2.06. The van der Waals surface area contributed by atoms with Gasteiger partial charge in [0.05, 0.1) is 10.8 Å². The number of nitrogens with one attached hydrogen (secondary N) is 2. The van der Waals surface area contributed by atoms with Crippen LogP contribution in [0.15, 0.2) is 27.8 Å². The monoisotopic (exact) mass is 206 g/mol. The first kappa shape index (κ1) is 11.2. The van der Waals surface area contributed by atoms with Crippen LogP contribution in [0.25, 0.3) is 10.8 Å². The summed E-state index contributed by atoms with van der Waals surface area (Å²) in [5.41, 5.74) is 0.427. The van der Waals surface area contributed by atoms with Gasteiger partial charge in [-0.1, -0.05) is 25.5 Å². The van der Waals surface area contributed by atoms with E-state index in [1.165, 1.54) is 0 Å². The van der Waals surface area contributed by atoms with E-state index in [1.807, 2.05) is 20.8 Å². The highest BCUT2D eigenvalue weighted by atomic mass is 16.1. The van der Waals surface area contributed by atoms with Gasteiger partial charge in [-0.05, 0) is 19.1 Å². The van der Waals surface area contributed by atoms with Crippen LogP contribution in [0.5, 0.6) is 0 Å². The normalized spacial score (nSPS) is 9.53. The van der Waals surface area contributed by atoms with Crippen molar-refractivity contribution in [3.8, 4) is 0 Å². The Labute approximate surface area is 86.9 Å². The lowest BCUT2D eigenvalue weighted by molar-refractivity contribution is 0.976. The van der Waals surface area contributed by atoms with Gasteiger partial charge in [-0.15, -0.1) is 0 Å². The third kappa shape index (κ3) is 2.15. The third-order valence-corrected chi connectivity index (χ3v) is 1.95. The number of aryl methyl sites for hydroxylation is 1. The van der Waals surface area contributed by atoms with Gasteiger partial charge < -0.3 is 0 Å². The first-order valence-electron chi connectivity index (χ1n) is 4.90. The molecule has 4 heteroatoms. The highest BCUT2D eigenvalue weighted by molar-refractivity contribution is 5.80. The van der Waals surface area contributed by atoms with Crippen molar-refractivity contribution in [1.29, 1.82) is 0 Å². The molecule has 1 heterocycles. The van der Waals surface area contributed by atoms with Crippen molar-refractivity contribution >= 4 is 10.8 Å². The van der Waals surface area contributed by atoms with E-state index in [2.05, 4.69) is 10.2 Å². The zero-order valence-corrected chi connectivity index (χ0v) is 9.05. The van der Waals surface area contributed by atoms with E-state index >= 15 is 0 Å². The number of hydrogen-bond donors (Lipinski definition) is 2. The standard InChI is InChI=1S/C9H8N2O2.C2H6/c1-5-2-3-6-7(4-5)9(13)11-10-8(6)12;1-2/h2-4H,1H3,(H,10,12)(H,11,13);1-2H3. The Morgan fingerprint density at radius 1 is 0.933 bits per heavy atom. The average Bonchev–Trinajstić information content (AvgIpc) is 2.27. The van der Waals surface area contributed by atoms with E-state index in [0.717, 1.165) is 5.56 Å². The molecular formula is C11H14N2O2. The molecule has 2 N–H and O–H groups in total. The topological polar surface area (TPSA) is 65.7 Å². The molecule has 1 aromatic heterocycles. The molecule has 2 rings (SSSR count). The molecule has 0 unspecified atom stereocenters. The predicted octanol–water partition coefficient (Wildman–Crippen LogP) is 1.55. The lowest BCUT2D eigenvalue weighted by atomic mass is 10.1. The molecule has 0 fully saturated rings. The number of aromatic amines is 2. The molecule has 0 saturated carbocycles. The molecule has 0 spiro atoms. The highest BCUT2D eigenvalue weighted by Gasteiger charge is 2.01. The van der Waals surface area contributed by atoms with Crippen LogP contribution in [0.1, 0.15) is 19.4 Å². The largest absolute Gasteiger partial charge is 0.270 e. The third-order valence-electron chi connectivity index (χ3n) is 1.95. The SMILES string of the molecule is CC.Cc1ccc2c(=O)[nH][nH]c(=O)c2c1. The van der Waals surface area contributed by atoms with Crippen LogP contribution in [0.4, 0.5) is 0 Å². The molecule has 0 aliphatic rings. The molecule has 2 aromatic rings.